The third-order valence-corrected chi connectivity index (χ3v) is 5.70. The summed E-state index contributed by atoms with van der Waals surface area (Å²) in [6, 6.07) is 13.4. The lowest BCUT2D eigenvalue weighted by Gasteiger charge is -2.05. The van der Waals surface area contributed by atoms with Gasteiger partial charge in [0, 0.05) is 28.3 Å². The molecule has 166 valence electrons. The molecule has 33 heavy (non-hydrogen) atoms. The summed E-state index contributed by atoms with van der Waals surface area (Å²) in [6.07, 6.45) is 1.30. The van der Waals surface area contributed by atoms with E-state index in [2.05, 4.69) is 10.5 Å². The van der Waals surface area contributed by atoms with Gasteiger partial charge in [0.1, 0.15) is 17.3 Å². The number of hydrogen-bond donors (Lipinski definition) is 1. The lowest BCUT2D eigenvalue weighted by Crippen LogP contribution is -2.15. The summed E-state index contributed by atoms with van der Waals surface area (Å²) in [7, 11) is 1.40. The molecule has 0 aliphatic rings. The minimum absolute atomic E-state index is 0.0523. The van der Waals surface area contributed by atoms with Crippen LogP contribution >= 0.6 is 11.3 Å². The first-order chi connectivity index (χ1) is 15.9. The molecule has 0 aliphatic carbocycles. The zero-order valence-electron chi connectivity index (χ0n) is 16.9. The molecule has 0 saturated carbocycles. The maximum absolute atomic E-state index is 12.4. The fourth-order valence-electron chi connectivity index (χ4n) is 3.03. The zero-order chi connectivity index (χ0) is 23.5. The first kappa shape index (κ1) is 21.6. The van der Waals surface area contributed by atoms with Gasteiger partial charge in [-0.2, -0.15) is 5.10 Å². The molecule has 0 unspecified atom stereocenters. The summed E-state index contributed by atoms with van der Waals surface area (Å²) in [6.45, 7) is 0. The van der Waals surface area contributed by atoms with E-state index in [0.717, 1.165) is 4.70 Å². The van der Waals surface area contributed by atoms with E-state index in [1.807, 2.05) is 0 Å². The molecular weight excluding hydrogens is 452 g/mol. The second kappa shape index (κ2) is 8.88. The standard InChI is InChI=1S/C21H14N4O7S/c1-31-18-10-14(25(29)30)2-5-16(18)17-6-4-15(32-17)11-22-23-21(26)20-9-12-8-13(24(27)28)3-7-19(12)33-20/h2-11H,1H3,(H,23,26)/b22-11-. The fraction of sp³-hybridized carbons (Fsp3) is 0.0476. The number of non-ortho nitro benzene ring substituents is 2. The molecule has 2 aromatic heterocycles. The first-order valence-electron chi connectivity index (χ1n) is 9.30. The van der Waals surface area contributed by atoms with Crippen molar-refractivity contribution < 1.29 is 23.8 Å². The van der Waals surface area contributed by atoms with Crippen LogP contribution < -0.4 is 10.2 Å². The monoisotopic (exact) mass is 466 g/mol. The highest BCUT2D eigenvalue weighted by atomic mass is 32.1. The molecule has 4 rings (SSSR count). The van der Waals surface area contributed by atoms with E-state index in [0.29, 0.717) is 27.3 Å². The zero-order valence-corrected chi connectivity index (χ0v) is 17.7. The van der Waals surface area contributed by atoms with E-state index in [1.165, 1.54) is 55.0 Å². The van der Waals surface area contributed by atoms with Gasteiger partial charge in [-0.15, -0.1) is 11.3 Å². The normalized spacial score (nSPS) is 11.1. The third kappa shape index (κ3) is 4.55. The number of hydrogen-bond acceptors (Lipinski definition) is 9. The molecule has 2 aromatic carbocycles. The second-order valence-corrected chi connectivity index (χ2v) is 7.72. The van der Waals surface area contributed by atoms with Gasteiger partial charge in [-0.1, -0.05) is 0 Å². The predicted octanol–water partition coefficient (Wildman–Crippen LogP) is 4.75. The Morgan fingerprint density at radius 3 is 2.52 bits per heavy atom. The van der Waals surface area contributed by atoms with Crippen molar-refractivity contribution in [1.82, 2.24) is 5.43 Å². The third-order valence-electron chi connectivity index (χ3n) is 4.58. The topological polar surface area (TPSA) is 150 Å². The van der Waals surface area contributed by atoms with Crippen molar-refractivity contribution in [3.8, 4) is 17.1 Å². The van der Waals surface area contributed by atoms with Crippen LogP contribution in [-0.4, -0.2) is 29.1 Å². The number of thiophene rings is 1. The van der Waals surface area contributed by atoms with Crippen LogP contribution in [0.4, 0.5) is 11.4 Å². The summed E-state index contributed by atoms with van der Waals surface area (Å²) in [5.74, 6) is 0.539. The van der Waals surface area contributed by atoms with E-state index in [-0.39, 0.29) is 17.1 Å². The minimum atomic E-state index is -0.521. The Kier molecular flexibility index (Phi) is 5.83. The molecule has 11 nitrogen and oxygen atoms in total. The van der Waals surface area contributed by atoms with Crippen molar-refractivity contribution in [3.05, 3.63) is 85.5 Å². The Morgan fingerprint density at radius 1 is 1.06 bits per heavy atom. The maximum Gasteiger partial charge on any atom is 0.281 e. The maximum atomic E-state index is 12.4. The van der Waals surface area contributed by atoms with Crippen LogP contribution in [0.3, 0.4) is 0 Å². The smallest absolute Gasteiger partial charge is 0.281 e. The fourth-order valence-corrected chi connectivity index (χ4v) is 3.96. The van der Waals surface area contributed by atoms with Gasteiger partial charge in [0.05, 0.1) is 39.7 Å². The van der Waals surface area contributed by atoms with Gasteiger partial charge in [-0.05, 0) is 30.3 Å². The summed E-state index contributed by atoms with van der Waals surface area (Å²) >= 11 is 1.19. The van der Waals surface area contributed by atoms with Gasteiger partial charge in [0.2, 0.25) is 0 Å². The van der Waals surface area contributed by atoms with Crippen LogP contribution in [0.15, 0.2) is 64.1 Å². The molecule has 1 N–H and O–H groups in total. The van der Waals surface area contributed by atoms with E-state index >= 15 is 0 Å². The van der Waals surface area contributed by atoms with Crippen molar-refractivity contribution in [2.24, 2.45) is 5.10 Å². The van der Waals surface area contributed by atoms with Gasteiger partial charge in [0.25, 0.3) is 17.3 Å². The van der Waals surface area contributed by atoms with Crippen molar-refractivity contribution in [2.75, 3.05) is 7.11 Å². The molecule has 0 radical (unpaired) electrons. The molecule has 2 heterocycles. The number of nitrogens with one attached hydrogen (secondary N) is 1. The van der Waals surface area contributed by atoms with Crippen LogP contribution in [0.25, 0.3) is 21.4 Å². The van der Waals surface area contributed by atoms with Crippen molar-refractivity contribution >= 4 is 44.9 Å². The molecule has 0 saturated heterocycles. The quantitative estimate of drug-likeness (QED) is 0.234. The Hall–Kier alpha value is -4.58. The lowest BCUT2D eigenvalue weighted by molar-refractivity contribution is -0.385. The first-order valence-corrected chi connectivity index (χ1v) is 10.1. The number of ether oxygens (including phenoxy) is 1. The van der Waals surface area contributed by atoms with Gasteiger partial charge < -0.3 is 9.15 Å². The van der Waals surface area contributed by atoms with E-state index in [9.17, 15) is 25.0 Å². The van der Waals surface area contributed by atoms with Gasteiger partial charge in [0.15, 0.2) is 0 Å². The van der Waals surface area contributed by atoms with Gasteiger partial charge in [-0.3, -0.25) is 25.0 Å². The Morgan fingerprint density at radius 2 is 1.79 bits per heavy atom. The second-order valence-electron chi connectivity index (χ2n) is 6.63. The lowest BCUT2D eigenvalue weighted by atomic mass is 10.1. The van der Waals surface area contributed by atoms with Crippen molar-refractivity contribution in [1.29, 1.82) is 0 Å². The van der Waals surface area contributed by atoms with Crippen LogP contribution in [0.1, 0.15) is 15.4 Å². The van der Waals surface area contributed by atoms with Crippen LogP contribution in [0.2, 0.25) is 0 Å². The Balaban J connectivity index is 1.47. The largest absolute Gasteiger partial charge is 0.496 e. The number of methoxy groups -OCH3 is 1. The summed E-state index contributed by atoms with van der Waals surface area (Å²) in [4.78, 5) is 33.5. The molecule has 0 bridgehead atoms. The summed E-state index contributed by atoms with van der Waals surface area (Å²) in [5.41, 5.74) is 2.74. The molecule has 0 aliphatic heterocycles. The molecular formula is C21H14N4O7S. The number of nitrogens with zero attached hydrogens (tertiary/aromatic N) is 3. The highest BCUT2D eigenvalue weighted by molar-refractivity contribution is 7.20. The molecule has 0 fully saturated rings. The summed E-state index contributed by atoms with van der Waals surface area (Å²) in [5, 5.41) is 26.3. The van der Waals surface area contributed by atoms with E-state index < -0.39 is 15.8 Å². The molecule has 12 heteroatoms. The number of nitro benzene ring substituents is 2. The minimum Gasteiger partial charge on any atom is -0.496 e. The van der Waals surface area contributed by atoms with Crippen molar-refractivity contribution in [2.45, 2.75) is 0 Å². The number of hydrazone groups is 1. The van der Waals surface area contributed by atoms with Gasteiger partial charge in [-0.25, -0.2) is 5.43 Å². The number of fused-ring (bicyclic) bond motifs is 1. The predicted molar refractivity (Wildman–Crippen MR) is 121 cm³/mol. The molecule has 1 amide bonds. The van der Waals surface area contributed by atoms with Gasteiger partial charge >= 0.3 is 0 Å². The van der Waals surface area contributed by atoms with Crippen LogP contribution in [-0.2, 0) is 0 Å². The Bertz CT molecular complexity index is 1420. The summed E-state index contributed by atoms with van der Waals surface area (Å²) < 4.78 is 11.6. The van der Waals surface area contributed by atoms with Crippen LogP contribution in [0.5, 0.6) is 5.75 Å². The number of furan rings is 1. The number of rotatable bonds is 7. The molecule has 4 aromatic rings. The molecule has 0 atom stereocenters. The number of nitro groups is 2. The average molecular weight is 466 g/mol. The average Bonchev–Trinajstić information content (AvgIpc) is 3.45. The van der Waals surface area contributed by atoms with Crippen LogP contribution in [0, 0.1) is 20.2 Å². The number of carbonyl (C=O) groups is 1. The van der Waals surface area contributed by atoms with Crippen molar-refractivity contribution in [3.63, 3.8) is 0 Å². The Labute approximate surface area is 189 Å². The number of carbonyl (C=O) groups excluding carboxylic acids is 1. The number of amides is 1. The number of benzene rings is 2. The SMILES string of the molecule is COc1cc([N+](=O)[O-])ccc1-c1ccc(/C=N\NC(=O)c2cc3cc([N+](=O)[O-])ccc3s2)o1. The highest BCUT2D eigenvalue weighted by Gasteiger charge is 2.16. The van der Waals surface area contributed by atoms with E-state index in [4.69, 9.17) is 9.15 Å². The van der Waals surface area contributed by atoms with E-state index in [1.54, 1.807) is 24.3 Å². The highest BCUT2D eigenvalue weighted by Crippen LogP contribution is 2.34. The molecule has 0 spiro atoms.